The van der Waals surface area contributed by atoms with Gasteiger partial charge >= 0.3 is 0 Å². The summed E-state index contributed by atoms with van der Waals surface area (Å²) in [5, 5.41) is 11.8. The number of nitrogens with zero attached hydrogens (tertiary/aromatic N) is 5. The fraction of sp³-hybridized carbons (Fsp3) is 0.571. The van der Waals surface area contributed by atoms with Gasteiger partial charge in [-0.3, -0.25) is 4.90 Å². The summed E-state index contributed by atoms with van der Waals surface area (Å²) >= 11 is 0. The van der Waals surface area contributed by atoms with E-state index in [0.717, 1.165) is 76.6 Å². The van der Waals surface area contributed by atoms with E-state index in [1.165, 1.54) is 18.4 Å². The lowest BCUT2D eigenvalue weighted by Crippen LogP contribution is -2.39. The lowest BCUT2D eigenvalue weighted by molar-refractivity contribution is 0.0398. The normalized spacial score (nSPS) is 18.9. The summed E-state index contributed by atoms with van der Waals surface area (Å²) in [6.07, 6.45) is 5.22. The van der Waals surface area contributed by atoms with Crippen LogP contribution in [-0.4, -0.2) is 72.6 Å². The van der Waals surface area contributed by atoms with Gasteiger partial charge in [0.05, 0.1) is 19.4 Å². The summed E-state index contributed by atoms with van der Waals surface area (Å²) < 4.78 is 5.39. The van der Waals surface area contributed by atoms with Crippen LogP contribution in [0.2, 0.25) is 0 Å². The minimum absolute atomic E-state index is 0.737. The SMILES string of the molecule is c1ccc(CC2CCN(c3nncc(NCCN4CCOCC4)n3)CC2)cc1. The van der Waals surface area contributed by atoms with Crippen molar-refractivity contribution in [1.29, 1.82) is 0 Å². The Morgan fingerprint density at radius 1 is 1.04 bits per heavy atom. The summed E-state index contributed by atoms with van der Waals surface area (Å²) in [7, 11) is 0. The van der Waals surface area contributed by atoms with E-state index in [1.54, 1.807) is 6.20 Å². The molecule has 2 fully saturated rings. The zero-order chi connectivity index (χ0) is 19.0. The summed E-state index contributed by atoms with van der Waals surface area (Å²) in [4.78, 5) is 9.36. The van der Waals surface area contributed by atoms with Crippen LogP contribution in [0.15, 0.2) is 36.5 Å². The highest BCUT2D eigenvalue weighted by molar-refractivity contribution is 5.39. The van der Waals surface area contributed by atoms with Crippen molar-refractivity contribution in [2.45, 2.75) is 19.3 Å². The summed E-state index contributed by atoms with van der Waals surface area (Å²) in [5.74, 6) is 2.29. The number of benzene rings is 1. The zero-order valence-electron chi connectivity index (χ0n) is 16.5. The monoisotopic (exact) mass is 382 g/mol. The number of piperidine rings is 1. The maximum absolute atomic E-state index is 5.39. The van der Waals surface area contributed by atoms with Crippen LogP contribution in [0.3, 0.4) is 0 Å². The van der Waals surface area contributed by atoms with E-state index >= 15 is 0 Å². The van der Waals surface area contributed by atoms with E-state index in [0.29, 0.717) is 0 Å². The molecular formula is C21H30N6O. The number of hydrogen-bond acceptors (Lipinski definition) is 7. The molecule has 150 valence electrons. The van der Waals surface area contributed by atoms with Gasteiger partial charge in [0.25, 0.3) is 0 Å². The molecule has 1 aromatic heterocycles. The summed E-state index contributed by atoms with van der Waals surface area (Å²) in [5.41, 5.74) is 1.44. The van der Waals surface area contributed by atoms with E-state index in [-0.39, 0.29) is 0 Å². The van der Waals surface area contributed by atoms with Gasteiger partial charge in [0.1, 0.15) is 0 Å². The Hall–Kier alpha value is -2.25. The van der Waals surface area contributed by atoms with E-state index in [2.05, 4.69) is 60.6 Å². The molecular weight excluding hydrogens is 352 g/mol. The van der Waals surface area contributed by atoms with Crippen molar-refractivity contribution in [3.8, 4) is 0 Å². The van der Waals surface area contributed by atoms with Gasteiger partial charge in [-0.25, -0.2) is 0 Å². The number of nitrogens with one attached hydrogen (secondary N) is 1. The second-order valence-corrected chi connectivity index (χ2v) is 7.64. The third-order valence-electron chi connectivity index (χ3n) is 5.65. The molecule has 0 spiro atoms. The van der Waals surface area contributed by atoms with E-state index in [4.69, 9.17) is 4.74 Å². The standard InChI is InChI=1S/C21H30N6O/c1-2-4-18(5-3-1)16-19-6-9-27(10-7-19)21-24-20(17-23-25-21)22-8-11-26-12-14-28-15-13-26/h1-5,17,19H,6-16H2,(H,22,24,25). The molecule has 3 heterocycles. The molecule has 7 heteroatoms. The highest BCUT2D eigenvalue weighted by atomic mass is 16.5. The average molecular weight is 383 g/mol. The van der Waals surface area contributed by atoms with Gasteiger partial charge in [-0.2, -0.15) is 10.1 Å². The minimum atomic E-state index is 0.737. The van der Waals surface area contributed by atoms with Crippen LogP contribution < -0.4 is 10.2 Å². The Balaban J connectivity index is 1.24. The molecule has 0 radical (unpaired) electrons. The Labute approximate surface area is 167 Å². The van der Waals surface area contributed by atoms with Crippen molar-refractivity contribution in [3.05, 3.63) is 42.1 Å². The first kappa shape index (κ1) is 19.1. The number of morpholine rings is 1. The summed E-state index contributed by atoms with van der Waals surface area (Å²) in [6.45, 7) is 7.52. The van der Waals surface area contributed by atoms with Crippen molar-refractivity contribution in [2.75, 3.05) is 62.7 Å². The van der Waals surface area contributed by atoms with E-state index in [1.807, 2.05) is 0 Å². The van der Waals surface area contributed by atoms with Gasteiger partial charge in [-0.05, 0) is 30.7 Å². The van der Waals surface area contributed by atoms with Crippen molar-refractivity contribution < 1.29 is 4.74 Å². The second-order valence-electron chi connectivity index (χ2n) is 7.64. The smallest absolute Gasteiger partial charge is 0.247 e. The third-order valence-corrected chi connectivity index (χ3v) is 5.65. The fourth-order valence-corrected chi connectivity index (χ4v) is 3.96. The Morgan fingerprint density at radius 2 is 1.82 bits per heavy atom. The zero-order valence-corrected chi connectivity index (χ0v) is 16.5. The molecule has 2 aliphatic heterocycles. The molecule has 0 amide bonds. The van der Waals surface area contributed by atoms with Gasteiger partial charge in [0, 0.05) is 39.3 Å². The number of hydrogen-bond donors (Lipinski definition) is 1. The topological polar surface area (TPSA) is 66.4 Å². The highest BCUT2D eigenvalue weighted by Gasteiger charge is 2.21. The number of rotatable bonds is 7. The van der Waals surface area contributed by atoms with Gasteiger partial charge in [-0.15, -0.1) is 5.10 Å². The molecule has 0 aliphatic carbocycles. The van der Waals surface area contributed by atoms with Gasteiger partial charge in [0.2, 0.25) is 5.95 Å². The largest absolute Gasteiger partial charge is 0.379 e. The quantitative estimate of drug-likeness (QED) is 0.786. The predicted octanol–water partition coefficient (Wildman–Crippen LogP) is 2.07. The molecule has 4 rings (SSSR count). The Bertz CT molecular complexity index is 714. The van der Waals surface area contributed by atoms with Crippen LogP contribution in [0, 0.1) is 5.92 Å². The number of anilines is 2. The van der Waals surface area contributed by atoms with Crippen LogP contribution in [0.1, 0.15) is 18.4 Å². The average Bonchev–Trinajstić information content (AvgIpc) is 2.76. The van der Waals surface area contributed by atoms with Crippen molar-refractivity contribution >= 4 is 11.8 Å². The highest BCUT2D eigenvalue weighted by Crippen LogP contribution is 2.24. The molecule has 0 bridgehead atoms. The molecule has 7 nitrogen and oxygen atoms in total. The van der Waals surface area contributed by atoms with Gasteiger partial charge in [0.15, 0.2) is 5.82 Å². The minimum Gasteiger partial charge on any atom is -0.379 e. The Kier molecular flexibility index (Phi) is 6.68. The molecule has 0 unspecified atom stereocenters. The third kappa shape index (κ3) is 5.39. The predicted molar refractivity (Wildman–Crippen MR) is 111 cm³/mol. The first-order chi connectivity index (χ1) is 13.9. The second kappa shape index (κ2) is 9.80. The van der Waals surface area contributed by atoms with E-state index in [9.17, 15) is 0 Å². The lowest BCUT2D eigenvalue weighted by atomic mass is 9.90. The molecule has 28 heavy (non-hydrogen) atoms. The molecule has 2 aromatic rings. The molecule has 2 aliphatic rings. The van der Waals surface area contributed by atoms with Crippen LogP contribution in [0.25, 0.3) is 0 Å². The summed E-state index contributed by atoms with van der Waals surface area (Å²) in [6, 6.07) is 10.8. The Morgan fingerprint density at radius 3 is 2.61 bits per heavy atom. The lowest BCUT2D eigenvalue weighted by Gasteiger charge is -2.32. The molecule has 1 aromatic carbocycles. The van der Waals surface area contributed by atoms with Crippen LogP contribution in [0.4, 0.5) is 11.8 Å². The van der Waals surface area contributed by atoms with E-state index < -0.39 is 0 Å². The first-order valence-corrected chi connectivity index (χ1v) is 10.4. The maximum Gasteiger partial charge on any atom is 0.247 e. The molecule has 2 saturated heterocycles. The van der Waals surface area contributed by atoms with Crippen molar-refractivity contribution in [1.82, 2.24) is 20.1 Å². The van der Waals surface area contributed by atoms with Gasteiger partial charge < -0.3 is 15.0 Å². The van der Waals surface area contributed by atoms with Crippen LogP contribution in [0.5, 0.6) is 0 Å². The first-order valence-electron chi connectivity index (χ1n) is 10.4. The van der Waals surface area contributed by atoms with Gasteiger partial charge in [-0.1, -0.05) is 30.3 Å². The van der Waals surface area contributed by atoms with Crippen molar-refractivity contribution in [3.63, 3.8) is 0 Å². The molecule has 0 saturated carbocycles. The molecule has 0 atom stereocenters. The van der Waals surface area contributed by atoms with Crippen LogP contribution in [-0.2, 0) is 11.2 Å². The molecule has 1 N–H and O–H groups in total. The van der Waals surface area contributed by atoms with Crippen LogP contribution >= 0.6 is 0 Å². The van der Waals surface area contributed by atoms with Crippen molar-refractivity contribution in [2.24, 2.45) is 5.92 Å². The number of ether oxygens (including phenoxy) is 1. The number of aromatic nitrogens is 3. The maximum atomic E-state index is 5.39. The fourth-order valence-electron chi connectivity index (χ4n) is 3.96.